The number of halogens is 1. The summed E-state index contributed by atoms with van der Waals surface area (Å²) in [4.78, 5) is 24.6. The number of nitrogens with one attached hydrogen (secondary N) is 2. The molecule has 0 unspecified atom stereocenters. The largest absolute Gasteiger partial charge is 0.328 e. The topological polar surface area (TPSA) is 66.9 Å². The number of nitrogens with zero attached hydrogens (tertiary/aromatic N) is 1. The van der Waals surface area contributed by atoms with Crippen LogP contribution in [0.2, 0.25) is 0 Å². The fourth-order valence-corrected chi connectivity index (χ4v) is 1.55. The normalized spacial score (nSPS) is 10.5. The molecule has 0 atom stereocenters. The van der Waals surface area contributed by atoms with Crippen molar-refractivity contribution in [1.29, 1.82) is 0 Å². The van der Waals surface area contributed by atoms with Gasteiger partial charge in [0.1, 0.15) is 0 Å². The molecule has 0 amide bonds. The van der Waals surface area contributed by atoms with Gasteiger partial charge in [0.05, 0.1) is 4.47 Å². The molecule has 0 spiro atoms. The molecule has 0 fully saturated rings. The first kappa shape index (κ1) is 12.2. The van der Waals surface area contributed by atoms with Gasteiger partial charge in [0.15, 0.2) is 0 Å². The van der Waals surface area contributed by atoms with Crippen molar-refractivity contribution in [2.75, 3.05) is 13.1 Å². The molecule has 15 heavy (non-hydrogen) atoms. The molecule has 1 aromatic heterocycles. The van der Waals surface area contributed by atoms with Crippen LogP contribution in [0.1, 0.15) is 13.3 Å². The lowest BCUT2D eigenvalue weighted by Gasteiger charge is -2.05. The van der Waals surface area contributed by atoms with E-state index in [1.165, 1.54) is 10.8 Å². The molecule has 6 heteroatoms. The van der Waals surface area contributed by atoms with E-state index in [-0.39, 0.29) is 11.2 Å². The molecule has 0 saturated heterocycles. The van der Waals surface area contributed by atoms with Gasteiger partial charge in [-0.05, 0) is 35.4 Å². The molecule has 0 aliphatic carbocycles. The zero-order valence-electron chi connectivity index (χ0n) is 8.55. The second-order valence-corrected chi connectivity index (χ2v) is 3.99. The van der Waals surface area contributed by atoms with Crippen LogP contribution >= 0.6 is 15.9 Å². The fourth-order valence-electron chi connectivity index (χ4n) is 1.20. The summed E-state index contributed by atoms with van der Waals surface area (Å²) >= 11 is 3.08. The smallest absolute Gasteiger partial charge is 0.317 e. The predicted octanol–water partition coefficient (Wildman–Crippen LogP) is 0.299. The van der Waals surface area contributed by atoms with Crippen LogP contribution in [0.4, 0.5) is 0 Å². The van der Waals surface area contributed by atoms with Crippen molar-refractivity contribution in [2.24, 2.45) is 0 Å². The van der Waals surface area contributed by atoms with E-state index < -0.39 is 0 Å². The Kier molecular flexibility index (Phi) is 4.77. The van der Waals surface area contributed by atoms with Gasteiger partial charge in [-0.15, -0.1) is 0 Å². The number of aryl methyl sites for hydroxylation is 1. The number of H-pyrrole nitrogens is 1. The Balaban J connectivity index is 2.66. The van der Waals surface area contributed by atoms with E-state index in [0.29, 0.717) is 11.0 Å². The zero-order chi connectivity index (χ0) is 11.3. The highest BCUT2D eigenvalue weighted by molar-refractivity contribution is 9.10. The molecule has 5 nitrogen and oxygen atoms in total. The third kappa shape index (κ3) is 3.64. The standard InChI is InChI=1S/C9H14BrN3O2/c1-2-11-4-3-5-13-6-7(10)8(14)12-9(13)15/h6,11H,2-5H2,1H3,(H,12,14,15). The highest BCUT2D eigenvalue weighted by atomic mass is 79.9. The van der Waals surface area contributed by atoms with Crippen LogP contribution in [0.3, 0.4) is 0 Å². The molecule has 1 heterocycles. The minimum Gasteiger partial charge on any atom is -0.317 e. The van der Waals surface area contributed by atoms with Crippen molar-refractivity contribution in [3.8, 4) is 0 Å². The molecule has 84 valence electrons. The quantitative estimate of drug-likeness (QED) is 0.760. The van der Waals surface area contributed by atoms with Crippen LogP contribution in [0.15, 0.2) is 20.3 Å². The van der Waals surface area contributed by atoms with Gasteiger partial charge in [-0.2, -0.15) is 0 Å². The van der Waals surface area contributed by atoms with E-state index in [0.717, 1.165) is 19.5 Å². The van der Waals surface area contributed by atoms with Crippen molar-refractivity contribution in [3.63, 3.8) is 0 Å². The first-order chi connectivity index (χ1) is 7.15. The molecule has 2 N–H and O–H groups in total. The molecule has 1 rings (SSSR count). The number of hydrogen-bond acceptors (Lipinski definition) is 3. The molecular weight excluding hydrogens is 262 g/mol. The second-order valence-electron chi connectivity index (χ2n) is 3.14. The average molecular weight is 276 g/mol. The molecule has 0 radical (unpaired) electrons. The third-order valence-corrected chi connectivity index (χ3v) is 2.53. The Labute approximate surface area is 95.6 Å². The molecule has 0 aliphatic rings. The van der Waals surface area contributed by atoms with Gasteiger partial charge in [0.2, 0.25) is 0 Å². The SMILES string of the molecule is CCNCCCn1cc(Br)c(=O)[nH]c1=O. The minimum atomic E-state index is -0.386. The summed E-state index contributed by atoms with van der Waals surface area (Å²) in [5, 5.41) is 3.16. The maximum Gasteiger partial charge on any atom is 0.328 e. The maximum atomic E-state index is 11.3. The summed E-state index contributed by atoms with van der Waals surface area (Å²) in [7, 11) is 0. The van der Waals surface area contributed by atoms with E-state index in [9.17, 15) is 9.59 Å². The molecule has 1 aromatic rings. The Morgan fingerprint density at radius 2 is 2.27 bits per heavy atom. The molecular formula is C9H14BrN3O2. The summed E-state index contributed by atoms with van der Waals surface area (Å²) in [6, 6.07) is 0. The van der Waals surface area contributed by atoms with E-state index in [2.05, 4.69) is 26.2 Å². The van der Waals surface area contributed by atoms with Crippen LogP contribution in [0.5, 0.6) is 0 Å². The predicted molar refractivity (Wildman–Crippen MR) is 62.2 cm³/mol. The summed E-state index contributed by atoms with van der Waals surface area (Å²) in [6.45, 7) is 4.41. The number of aromatic amines is 1. The van der Waals surface area contributed by atoms with Crippen molar-refractivity contribution in [1.82, 2.24) is 14.9 Å². The van der Waals surface area contributed by atoms with Crippen LogP contribution in [-0.2, 0) is 6.54 Å². The highest BCUT2D eigenvalue weighted by Crippen LogP contribution is 1.98. The molecule has 0 aliphatic heterocycles. The number of rotatable bonds is 5. The van der Waals surface area contributed by atoms with Gasteiger partial charge < -0.3 is 5.32 Å². The van der Waals surface area contributed by atoms with Crippen molar-refractivity contribution < 1.29 is 0 Å². The monoisotopic (exact) mass is 275 g/mol. The minimum absolute atomic E-state index is 0.361. The van der Waals surface area contributed by atoms with Crippen molar-refractivity contribution in [2.45, 2.75) is 19.9 Å². The first-order valence-corrected chi connectivity index (χ1v) is 5.64. The van der Waals surface area contributed by atoms with Crippen LogP contribution in [0, 0.1) is 0 Å². The van der Waals surface area contributed by atoms with E-state index in [1.54, 1.807) is 0 Å². The average Bonchev–Trinajstić information content (AvgIpc) is 2.20. The number of hydrogen-bond donors (Lipinski definition) is 2. The zero-order valence-corrected chi connectivity index (χ0v) is 10.1. The Morgan fingerprint density at radius 3 is 2.93 bits per heavy atom. The van der Waals surface area contributed by atoms with Crippen LogP contribution < -0.4 is 16.6 Å². The molecule has 0 bridgehead atoms. The van der Waals surface area contributed by atoms with E-state index in [4.69, 9.17) is 0 Å². The molecule has 0 saturated carbocycles. The van der Waals surface area contributed by atoms with Gasteiger partial charge in [-0.1, -0.05) is 6.92 Å². The highest BCUT2D eigenvalue weighted by Gasteiger charge is 2.00. The van der Waals surface area contributed by atoms with Crippen molar-refractivity contribution >= 4 is 15.9 Å². The van der Waals surface area contributed by atoms with Gasteiger partial charge in [-0.3, -0.25) is 14.3 Å². The molecule has 0 aromatic carbocycles. The lowest BCUT2D eigenvalue weighted by molar-refractivity contribution is 0.568. The lowest BCUT2D eigenvalue weighted by atomic mass is 10.4. The van der Waals surface area contributed by atoms with Crippen LogP contribution in [0.25, 0.3) is 0 Å². The maximum absolute atomic E-state index is 11.3. The summed E-state index contributed by atoms with van der Waals surface area (Å²) in [6.07, 6.45) is 2.37. The Morgan fingerprint density at radius 1 is 1.53 bits per heavy atom. The lowest BCUT2D eigenvalue weighted by Crippen LogP contribution is -2.30. The van der Waals surface area contributed by atoms with Gasteiger partial charge >= 0.3 is 5.69 Å². The summed E-state index contributed by atoms with van der Waals surface area (Å²) in [5.74, 6) is 0. The first-order valence-electron chi connectivity index (χ1n) is 4.85. The fraction of sp³-hybridized carbons (Fsp3) is 0.556. The van der Waals surface area contributed by atoms with Gasteiger partial charge in [-0.25, -0.2) is 4.79 Å². The van der Waals surface area contributed by atoms with Gasteiger partial charge in [0, 0.05) is 12.7 Å². The third-order valence-electron chi connectivity index (χ3n) is 1.97. The second kappa shape index (κ2) is 5.87. The van der Waals surface area contributed by atoms with E-state index in [1.807, 2.05) is 6.92 Å². The van der Waals surface area contributed by atoms with Crippen molar-refractivity contribution in [3.05, 3.63) is 31.5 Å². The Hall–Kier alpha value is -0.880. The summed E-state index contributed by atoms with van der Waals surface area (Å²) in [5.41, 5.74) is -0.748. The Bertz CT molecular complexity index is 424. The summed E-state index contributed by atoms with van der Waals surface area (Å²) < 4.78 is 1.87. The van der Waals surface area contributed by atoms with E-state index >= 15 is 0 Å². The number of aromatic nitrogens is 2. The van der Waals surface area contributed by atoms with Gasteiger partial charge in [0.25, 0.3) is 5.56 Å². The van der Waals surface area contributed by atoms with Crippen LogP contribution in [-0.4, -0.2) is 22.6 Å².